The molecule has 24 heavy (non-hydrogen) atoms. The summed E-state index contributed by atoms with van der Waals surface area (Å²) in [6, 6.07) is 3.94. The molecular formula is C18H25F3N2O. The van der Waals surface area contributed by atoms with Crippen LogP contribution in [0.15, 0.2) is 18.2 Å². The predicted molar refractivity (Wildman–Crippen MR) is 88.9 cm³/mol. The minimum atomic E-state index is -4.31. The van der Waals surface area contributed by atoms with Crippen molar-refractivity contribution in [3.05, 3.63) is 29.3 Å². The first-order valence-electron chi connectivity index (χ1n) is 8.38. The van der Waals surface area contributed by atoms with Crippen LogP contribution in [0.3, 0.4) is 0 Å². The summed E-state index contributed by atoms with van der Waals surface area (Å²) >= 11 is 0. The summed E-state index contributed by atoms with van der Waals surface area (Å²) in [4.78, 5) is 10.9. The second-order valence-electron chi connectivity index (χ2n) is 6.85. The fourth-order valence-electron chi connectivity index (χ4n) is 3.22. The molecule has 1 heterocycles. The van der Waals surface area contributed by atoms with Crippen molar-refractivity contribution >= 4 is 11.6 Å². The maximum absolute atomic E-state index is 12.9. The number of alkyl halides is 3. The van der Waals surface area contributed by atoms with Gasteiger partial charge in [-0.2, -0.15) is 13.2 Å². The van der Waals surface area contributed by atoms with Gasteiger partial charge < -0.3 is 10.6 Å². The van der Waals surface area contributed by atoms with E-state index in [0.717, 1.165) is 36.7 Å². The molecule has 3 atom stereocenters. The summed E-state index contributed by atoms with van der Waals surface area (Å²) in [5, 5.41) is 6.06. The standard InChI is InChI=1S/C18H25F3N2O/c1-11(9-22-13(3)24)4-5-14-10-23-17-7-6-15(18(19,20)21)8-16(17)12(14)2/h6-8,11-12,14,23H,4-5,9-10H2,1-3H3,(H,22,24). The fraction of sp³-hybridized carbons (Fsp3) is 0.611. The Kier molecular flexibility index (Phi) is 5.78. The number of hydrogen-bond acceptors (Lipinski definition) is 2. The molecule has 1 aliphatic rings. The number of carbonyl (C=O) groups excluding carboxylic acids is 1. The zero-order valence-corrected chi connectivity index (χ0v) is 14.3. The van der Waals surface area contributed by atoms with E-state index in [4.69, 9.17) is 0 Å². The van der Waals surface area contributed by atoms with Gasteiger partial charge in [0.2, 0.25) is 5.91 Å². The van der Waals surface area contributed by atoms with E-state index in [-0.39, 0.29) is 11.8 Å². The van der Waals surface area contributed by atoms with E-state index in [0.29, 0.717) is 18.4 Å². The van der Waals surface area contributed by atoms with E-state index in [9.17, 15) is 18.0 Å². The second kappa shape index (κ2) is 7.45. The second-order valence-corrected chi connectivity index (χ2v) is 6.85. The van der Waals surface area contributed by atoms with Gasteiger partial charge in [-0.25, -0.2) is 0 Å². The van der Waals surface area contributed by atoms with Crippen LogP contribution in [0.25, 0.3) is 0 Å². The number of benzene rings is 1. The number of fused-ring (bicyclic) bond motifs is 1. The maximum atomic E-state index is 12.9. The first-order chi connectivity index (χ1) is 11.2. The third-order valence-corrected chi connectivity index (χ3v) is 4.86. The predicted octanol–water partition coefficient (Wildman–Crippen LogP) is 4.40. The highest BCUT2D eigenvalue weighted by atomic mass is 19.4. The highest BCUT2D eigenvalue weighted by Gasteiger charge is 2.33. The number of hydrogen-bond donors (Lipinski definition) is 2. The minimum Gasteiger partial charge on any atom is -0.385 e. The Bertz CT molecular complexity index is 586. The number of amides is 1. The average molecular weight is 342 g/mol. The Morgan fingerprint density at radius 1 is 1.42 bits per heavy atom. The van der Waals surface area contributed by atoms with Crippen molar-refractivity contribution in [2.75, 3.05) is 18.4 Å². The molecule has 134 valence electrons. The van der Waals surface area contributed by atoms with Gasteiger partial charge in [0.15, 0.2) is 0 Å². The van der Waals surface area contributed by atoms with Crippen molar-refractivity contribution in [2.45, 2.75) is 45.7 Å². The van der Waals surface area contributed by atoms with Crippen molar-refractivity contribution in [3.63, 3.8) is 0 Å². The molecule has 1 aromatic rings. The van der Waals surface area contributed by atoms with E-state index >= 15 is 0 Å². The fourth-order valence-corrected chi connectivity index (χ4v) is 3.22. The number of anilines is 1. The SMILES string of the molecule is CC(=O)NCC(C)CCC1CNc2ccc(C(F)(F)F)cc2C1C. The summed E-state index contributed by atoms with van der Waals surface area (Å²) in [7, 11) is 0. The van der Waals surface area contributed by atoms with Gasteiger partial charge in [0.25, 0.3) is 0 Å². The molecule has 0 radical (unpaired) electrons. The van der Waals surface area contributed by atoms with E-state index < -0.39 is 11.7 Å². The lowest BCUT2D eigenvalue weighted by Gasteiger charge is -2.33. The Hall–Kier alpha value is -1.72. The molecule has 0 aromatic heterocycles. The van der Waals surface area contributed by atoms with E-state index in [1.54, 1.807) is 0 Å². The van der Waals surface area contributed by atoms with Crippen molar-refractivity contribution in [2.24, 2.45) is 11.8 Å². The molecule has 1 amide bonds. The zero-order chi connectivity index (χ0) is 17.9. The lowest BCUT2D eigenvalue weighted by atomic mass is 9.79. The van der Waals surface area contributed by atoms with Gasteiger partial charge in [-0.05, 0) is 54.4 Å². The zero-order valence-electron chi connectivity index (χ0n) is 14.3. The molecule has 0 saturated heterocycles. The molecule has 1 aromatic carbocycles. The van der Waals surface area contributed by atoms with Crippen LogP contribution in [-0.2, 0) is 11.0 Å². The Morgan fingerprint density at radius 3 is 2.75 bits per heavy atom. The summed E-state index contributed by atoms with van der Waals surface area (Å²) in [5.41, 5.74) is 0.961. The van der Waals surface area contributed by atoms with E-state index in [1.807, 2.05) is 6.92 Å². The molecule has 0 aliphatic carbocycles. The van der Waals surface area contributed by atoms with Crippen molar-refractivity contribution in [1.82, 2.24) is 5.32 Å². The normalized spacial score (nSPS) is 21.6. The molecule has 3 unspecified atom stereocenters. The highest BCUT2D eigenvalue weighted by molar-refractivity contribution is 5.72. The van der Waals surface area contributed by atoms with Gasteiger partial charge in [0.05, 0.1) is 5.56 Å². The molecular weight excluding hydrogens is 317 g/mol. The monoisotopic (exact) mass is 342 g/mol. The van der Waals surface area contributed by atoms with E-state index in [2.05, 4.69) is 17.6 Å². The number of halogens is 3. The summed E-state index contributed by atoms with van der Waals surface area (Å²) < 4.78 is 38.8. The van der Waals surface area contributed by atoms with Crippen LogP contribution in [0.4, 0.5) is 18.9 Å². The molecule has 0 fully saturated rings. The summed E-state index contributed by atoms with van der Waals surface area (Å²) in [6.45, 7) is 6.98. The first-order valence-corrected chi connectivity index (χ1v) is 8.38. The largest absolute Gasteiger partial charge is 0.416 e. The van der Waals surface area contributed by atoms with Gasteiger partial charge in [-0.1, -0.05) is 13.8 Å². The number of rotatable bonds is 5. The molecule has 6 heteroatoms. The molecule has 0 bridgehead atoms. The van der Waals surface area contributed by atoms with Crippen molar-refractivity contribution < 1.29 is 18.0 Å². The average Bonchev–Trinajstić information content (AvgIpc) is 2.51. The van der Waals surface area contributed by atoms with Gasteiger partial charge in [-0.15, -0.1) is 0 Å². The van der Waals surface area contributed by atoms with Crippen molar-refractivity contribution in [1.29, 1.82) is 0 Å². The number of carbonyl (C=O) groups is 1. The van der Waals surface area contributed by atoms with Gasteiger partial charge >= 0.3 is 6.18 Å². The van der Waals surface area contributed by atoms with E-state index in [1.165, 1.54) is 19.1 Å². The Morgan fingerprint density at radius 2 is 2.12 bits per heavy atom. The Labute approximate surface area is 141 Å². The third-order valence-electron chi connectivity index (χ3n) is 4.86. The lowest BCUT2D eigenvalue weighted by Crippen LogP contribution is -2.29. The summed E-state index contributed by atoms with van der Waals surface area (Å²) in [6.07, 6.45) is -2.45. The molecule has 3 nitrogen and oxygen atoms in total. The lowest BCUT2D eigenvalue weighted by molar-refractivity contribution is -0.137. The van der Waals surface area contributed by atoms with Crippen LogP contribution in [0, 0.1) is 11.8 Å². The first kappa shape index (κ1) is 18.6. The van der Waals surface area contributed by atoms with Crippen LogP contribution in [-0.4, -0.2) is 19.0 Å². The quantitative estimate of drug-likeness (QED) is 0.832. The smallest absolute Gasteiger partial charge is 0.385 e. The van der Waals surface area contributed by atoms with Crippen LogP contribution in [0.5, 0.6) is 0 Å². The van der Waals surface area contributed by atoms with Crippen LogP contribution in [0.1, 0.15) is 50.7 Å². The molecule has 1 aliphatic heterocycles. The number of nitrogens with one attached hydrogen (secondary N) is 2. The molecule has 2 rings (SSSR count). The molecule has 0 spiro atoms. The van der Waals surface area contributed by atoms with Gasteiger partial charge in [0, 0.05) is 25.7 Å². The molecule has 0 saturated carbocycles. The topological polar surface area (TPSA) is 41.1 Å². The Balaban J connectivity index is 2.00. The van der Waals surface area contributed by atoms with Crippen LogP contribution >= 0.6 is 0 Å². The molecule has 2 N–H and O–H groups in total. The third kappa shape index (κ3) is 4.65. The highest BCUT2D eigenvalue weighted by Crippen LogP contribution is 2.40. The van der Waals surface area contributed by atoms with Gasteiger partial charge in [0.1, 0.15) is 0 Å². The minimum absolute atomic E-state index is 0.0387. The van der Waals surface area contributed by atoms with Gasteiger partial charge in [-0.3, -0.25) is 4.79 Å². The maximum Gasteiger partial charge on any atom is 0.416 e. The van der Waals surface area contributed by atoms with Crippen molar-refractivity contribution in [3.8, 4) is 0 Å². The summed E-state index contributed by atoms with van der Waals surface area (Å²) in [5.74, 6) is 0.685. The van der Waals surface area contributed by atoms with Crippen LogP contribution in [0.2, 0.25) is 0 Å². The van der Waals surface area contributed by atoms with Crippen LogP contribution < -0.4 is 10.6 Å².